The van der Waals surface area contributed by atoms with Crippen molar-refractivity contribution >= 4 is 33.0 Å². The molecule has 0 aromatic heterocycles. The van der Waals surface area contributed by atoms with Crippen LogP contribution in [0.25, 0.3) is 0 Å². The van der Waals surface area contributed by atoms with Crippen molar-refractivity contribution in [1.82, 2.24) is 4.90 Å². The number of aliphatic hydroxyl groups is 1. The number of hydrogen-bond acceptors (Lipinski definition) is 7. The van der Waals surface area contributed by atoms with Gasteiger partial charge in [0.1, 0.15) is 12.0 Å². The van der Waals surface area contributed by atoms with Crippen molar-refractivity contribution in [1.29, 1.82) is 0 Å². The number of carbonyl (C=O) groups excluding carboxylic acids is 1. The van der Waals surface area contributed by atoms with E-state index in [9.17, 15) is 18.3 Å². The molecular formula is C24H32N4O5S. The number of β-amino-alcohol motifs (C(OH)–C–C–N with tert-alkyl or cyclic N) is 1. The third-order valence-electron chi connectivity index (χ3n) is 6.26. The van der Waals surface area contributed by atoms with Crippen LogP contribution in [0.5, 0.6) is 5.75 Å². The summed E-state index contributed by atoms with van der Waals surface area (Å²) in [7, 11) is -3.51. The molecule has 34 heavy (non-hydrogen) atoms. The van der Waals surface area contributed by atoms with Crippen molar-refractivity contribution in [3.63, 3.8) is 0 Å². The lowest BCUT2D eigenvalue weighted by Crippen LogP contribution is -2.58. The highest BCUT2D eigenvalue weighted by molar-refractivity contribution is 7.92. The fourth-order valence-corrected chi connectivity index (χ4v) is 5.21. The molecule has 10 heteroatoms. The zero-order chi connectivity index (χ0) is 24.5. The second kappa shape index (κ2) is 9.81. The van der Waals surface area contributed by atoms with Crippen LogP contribution in [0.2, 0.25) is 0 Å². The first-order chi connectivity index (χ1) is 16.2. The van der Waals surface area contributed by atoms with Crippen molar-refractivity contribution in [3.8, 4) is 5.75 Å². The molecule has 2 aliphatic rings. The van der Waals surface area contributed by atoms with Crippen LogP contribution in [0.15, 0.2) is 36.4 Å². The summed E-state index contributed by atoms with van der Waals surface area (Å²) in [4.78, 5) is 16.2. The Kier molecular flexibility index (Phi) is 7.01. The summed E-state index contributed by atoms with van der Waals surface area (Å²) in [5.74, 6) is 0.408. The van der Waals surface area contributed by atoms with Crippen molar-refractivity contribution in [2.24, 2.45) is 0 Å². The van der Waals surface area contributed by atoms with Gasteiger partial charge in [-0.25, -0.2) is 13.3 Å². The maximum Gasteiger partial charge on any atom is 0.229 e. The number of fused-ring (bicyclic) bond motifs is 1. The van der Waals surface area contributed by atoms with E-state index in [4.69, 9.17) is 4.74 Å². The van der Waals surface area contributed by atoms with E-state index in [0.29, 0.717) is 49.5 Å². The van der Waals surface area contributed by atoms with Crippen LogP contribution in [0.4, 0.5) is 17.1 Å². The summed E-state index contributed by atoms with van der Waals surface area (Å²) in [5.41, 5.74) is 3.79. The first-order valence-corrected chi connectivity index (χ1v) is 13.4. The van der Waals surface area contributed by atoms with Gasteiger partial charge in [-0.2, -0.15) is 0 Å². The highest BCUT2D eigenvalue weighted by atomic mass is 32.2. The Morgan fingerprint density at radius 1 is 1.21 bits per heavy atom. The number of anilines is 3. The normalized spacial score (nSPS) is 19.8. The molecule has 2 aliphatic heterocycles. The maximum absolute atomic E-state index is 12.0. The molecule has 0 radical (unpaired) electrons. The Hall–Kier alpha value is -2.82. The van der Waals surface area contributed by atoms with Gasteiger partial charge in [0, 0.05) is 30.8 Å². The van der Waals surface area contributed by atoms with E-state index in [1.54, 1.807) is 12.1 Å². The molecule has 2 aromatic carbocycles. The molecule has 2 aromatic rings. The quantitative estimate of drug-likeness (QED) is 0.549. The smallest absolute Gasteiger partial charge is 0.229 e. The molecule has 0 aliphatic carbocycles. The lowest BCUT2D eigenvalue weighted by molar-refractivity contribution is -0.116. The van der Waals surface area contributed by atoms with Gasteiger partial charge in [0.05, 0.1) is 24.2 Å². The summed E-state index contributed by atoms with van der Waals surface area (Å²) in [6.45, 7) is 5.92. The maximum atomic E-state index is 12.0. The molecule has 9 nitrogen and oxygen atoms in total. The molecule has 2 heterocycles. The monoisotopic (exact) mass is 488 g/mol. The van der Waals surface area contributed by atoms with E-state index in [-0.39, 0.29) is 12.1 Å². The Balaban J connectivity index is 1.54. The average Bonchev–Trinajstić information content (AvgIpc) is 2.78. The summed E-state index contributed by atoms with van der Waals surface area (Å²) in [6.07, 6.45) is 1.37. The number of nitrogens with zero attached hydrogens (tertiary/aromatic N) is 2. The average molecular weight is 489 g/mol. The van der Waals surface area contributed by atoms with Crippen molar-refractivity contribution < 1.29 is 23.1 Å². The third kappa shape index (κ3) is 5.29. The number of amides is 1. The molecule has 3 N–H and O–H groups in total. The summed E-state index contributed by atoms with van der Waals surface area (Å²) in [5, 5.41) is 13.8. The zero-order valence-electron chi connectivity index (χ0n) is 19.7. The highest BCUT2D eigenvalue weighted by Crippen LogP contribution is 2.39. The van der Waals surface area contributed by atoms with Crippen LogP contribution in [-0.2, 0) is 21.2 Å². The van der Waals surface area contributed by atoms with Gasteiger partial charge in [0.2, 0.25) is 15.9 Å². The molecule has 1 amide bonds. The number of benzene rings is 2. The number of sulfonamides is 1. The molecule has 0 saturated carbocycles. The number of ether oxygens (including phenoxy) is 1. The van der Waals surface area contributed by atoms with Gasteiger partial charge in [-0.15, -0.1) is 0 Å². The number of aliphatic hydroxyl groups excluding tert-OH is 1. The van der Waals surface area contributed by atoms with Crippen molar-refractivity contribution in [2.75, 3.05) is 40.8 Å². The SMILES string of the molecule is CCC(Oc1ccc(NS(C)(=O)=O)c2c1CCC(=O)N2)N1CCN(c2ccccc2C)CC1O. The Labute approximate surface area is 200 Å². The lowest BCUT2D eigenvalue weighted by atomic mass is 10.0. The topological polar surface area (TPSA) is 111 Å². The van der Waals surface area contributed by atoms with E-state index < -0.39 is 16.3 Å². The summed E-state index contributed by atoms with van der Waals surface area (Å²) in [6, 6.07) is 11.5. The van der Waals surface area contributed by atoms with Crippen LogP contribution < -0.4 is 19.7 Å². The van der Waals surface area contributed by atoms with Crippen LogP contribution in [0, 0.1) is 6.92 Å². The minimum absolute atomic E-state index is 0.170. The van der Waals surface area contributed by atoms with Gasteiger partial charge in [0.15, 0.2) is 6.23 Å². The van der Waals surface area contributed by atoms with Gasteiger partial charge in [-0.1, -0.05) is 25.1 Å². The van der Waals surface area contributed by atoms with Crippen LogP contribution in [-0.4, -0.2) is 62.7 Å². The second-order valence-electron chi connectivity index (χ2n) is 8.82. The van der Waals surface area contributed by atoms with Crippen molar-refractivity contribution in [3.05, 3.63) is 47.5 Å². The number of aryl methyl sites for hydroxylation is 1. The van der Waals surface area contributed by atoms with Gasteiger partial charge in [0.25, 0.3) is 0 Å². The highest BCUT2D eigenvalue weighted by Gasteiger charge is 2.33. The molecule has 1 fully saturated rings. The molecule has 2 unspecified atom stereocenters. The number of hydrogen-bond donors (Lipinski definition) is 3. The molecule has 4 rings (SSSR count). The summed E-state index contributed by atoms with van der Waals surface area (Å²) >= 11 is 0. The van der Waals surface area contributed by atoms with Gasteiger partial charge in [-0.05, 0) is 43.5 Å². The number of carbonyl (C=O) groups is 1. The van der Waals surface area contributed by atoms with Crippen molar-refractivity contribution in [2.45, 2.75) is 45.6 Å². The van der Waals surface area contributed by atoms with E-state index in [2.05, 4.69) is 34.0 Å². The number of piperazine rings is 1. The fourth-order valence-electron chi connectivity index (χ4n) is 4.64. The lowest BCUT2D eigenvalue weighted by Gasteiger charge is -2.43. The molecule has 184 valence electrons. The van der Waals surface area contributed by atoms with Gasteiger partial charge in [-0.3, -0.25) is 9.52 Å². The Bertz CT molecular complexity index is 1170. The van der Waals surface area contributed by atoms with E-state index >= 15 is 0 Å². The predicted octanol–water partition coefficient (Wildman–Crippen LogP) is 2.51. The van der Waals surface area contributed by atoms with E-state index in [0.717, 1.165) is 24.1 Å². The molecule has 2 atom stereocenters. The Morgan fingerprint density at radius 3 is 2.65 bits per heavy atom. The van der Waals surface area contributed by atoms with Gasteiger partial charge < -0.3 is 20.1 Å². The van der Waals surface area contributed by atoms with Crippen LogP contribution >= 0.6 is 0 Å². The third-order valence-corrected chi connectivity index (χ3v) is 6.86. The minimum atomic E-state index is -3.51. The number of nitrogens with one attached hydrogen (secondary N) is 2. The fraction of sp³-hybridized carbons (Fsp3) is 0.458. The first kappa shape index (κ1) is 24.3. The van der Waals surface area contributed by atoms with Crippen LogP contribution in [0.1, 0.15) is 30.9 Å². The van der Waals surface area contributed by atoms with E-state index in [1.807, 2.05) is 24.0 Å². The standard InChI is InChI=1S/C24H32N4O5S/c1-4-23(28-14-13-27(15-22(28)30)19-8-6-5-7-16(19)2)33-20-11-10-18(26-34(3,31)32)24-17(20)9-12-21(29)25-24/h5-8,10-11,22-23,26,30H,4,9,12-15H2,1-3H3,(H,25,29). The Morgan fingerprint density at radius 2 is 1.97 bits per heavy atom. The summed E-state index contributed by atoms with van der Waals surface area (Å²) < 4.78 is 32.4. The van der Waals surface area contributed by atoms with E-state index in [1.165, 1.54) is 5.56 Å². The molecule has 0 spiro atoms. The number of para-hydroxylation sites is 1. The van der Waals surface area contributed by atoms with Crippen LogP contribution in [0.3, 0.4) is 0 Å². The minimum Gasteiger partial charge on any atom is -0.475 e. The largest absolute Gasteiger partial charge is 0.475 e. The molecular weight excluding hydrogens is 456 g/mol. The number of rotatable bonds is 7. The predicted molar refractivity (Wildman–Crippen MR) is 133 cm³/mol. The second-order valence-corrected chi connectivity index (χ2v) is 10.6. The first-order valence-electron chi connectivity index (χ1n) is 11.5. The molecule has 0 bridgehead atoms. The zero-order valence-corrected chi connectivity index (χ0v) is 20.6. The van der Waals surface area contributed by atoms with Gasteiger partial charge >= 0.3 is 0 Å². The molecule has 1 saturated heterocycles.